The molecule has 0 atom stereocenters. The van der Waals surface area contributed by atoms with E-state index in [9.17, 15) is 18.3 Å². The number of benzene rings is 2. The maximum atomic E-state index is 12.7. The van der Waals surface area contributed by atoms with Crippen molar-refractivity contribution in [3.63, 3.8) is 0 Å². The number of nitrogens with zero attached hydrogens (tertiary/aromatic N) is 3. The van der Waals surface area contributed by atoms with Gasteiger partial charge >= 0.3 is 6.18 Å². The van der Waals surface area contributed by atoms with Crippen molar-refractivity contribution < 1.29 is 18.3 Å². The zero-order chi connectivity index (χ0) is 20.6. The summed E-state index contributed by atoms with van der Waals surface area (Å²) in [6.07, 6.45) is -1.63. The molecule has 4 N–H and O–H groups in total. The van der Waals surface area contributed by atoms with Gasteiger partial charge in [0.1, 0.15) is 17.8 Å². The molecule has 0 aliphatic heterocycles. The molecule has 0 saturated heterocycles. The Kier molecular flexibility index (Phi) is 4.42. The van der Waals surface area contributed by atoms with Gasteiger partial charge in [-0.25, -0.2) is 15.0 Å². The Morgan fingerprint density at radius 2 is 1.69 bits per heavy atom. The maximum absolute atomic E-state index is 12.7. The van der Waals surface area contributed by atoms with Crippen LogP contribution in [0.3, 0.4) is 0 Å². The number of nitrogens with one attached hydrogen (secondary N) is 1. The van der Waals surface area contributed by atoms with Crippen LogP contribution < -0.4 is 11.1 Å². The lowest BCUT2D eigenvalue weighted by Gasteiger charge is -2.12. The summed E-state index contributed by atoms with van der Waals surface area (Å²) in [6, 6.07) is 11.5. The molecule has 29 heavy (non-hydrogen) atoms. The van der Waals surface area contributed by atoms with Gasteiger partial charge in [0.2, 0.25) is 0 Å². The summed E-state index contributed by atoms with van der Waals surface area (Å²) in [6.45, 7) is 0. The Hall–Kier alpha value is -3.88. The van der Waals surface area contributed by atoms with Gasteiger partial charge in [0.15, 0.2) is 11.6 Å². The summed E-state index contributed by atoms with van der Waals surface area (Å²) in [7, 11) is 0. The van der Waals surface area contributed by atoms with Gasteiger partial charge in [-0.15, -0.1) is 0 Å². The van der Waals surface area contributed by atoms with E-state index in [1.807, 2.05) is 6.07 Å². The molecule has 0 spiro atoms. The lowest BCUT2D eigenvalue weighted by atomic mass is 10.1. The van der Waals surface area contributed by atoms with Crippen LogP contribution in [0.25, 0.3) is 22.0 Å². The van der Waals surface area contributed by atoms with E-state index in [0.29, 0.717) is 17.1 Å². The van der Waals surface area contributed by atoms with E-state index < -0.39 is 11.7 Å². The number of hydrogen-bond acceptors (Lipinski definition) is 6. The topological polar surface area (TPSA) is 97.0 Å². The molecule has 0 fully saturated rings. The second-order valence-corrected chi connectivity index (χ2v) is 6.25. The molecule has 0 saturated carbocycles. The Balaban J connectivity index is 1.66. The normalized spacial score (nSPS) is 11.6. The van der Waals surface area contributed by atoms with E-state index in [2.05, 4.69) is 20.3 Å². The number of aromatic nitrogens is 3. The van der Waals surface area contributed by atoms with Crippen LogP contribution in [0.1, 0.15) is 5.56 Å². The summed E-state index contributed by atoms with van der Waals surface area (Å²) in [5.74, 6) is 0.251. The van der Waals surface area contributed by atoms with E-state index >= 15 is 0 Å². The van der Waals surface area contributed by atoms with Crippen molar-refractivity contribution in [2.24, 2.45) is 0 Å². The highest BCUT2D eigenvalue weighted by Gasteiger charge is 2.30. The number of aromatic hydroxyl groups is 1. The number of halogens is 3. The predicted molar refractivity (Wildman–Crippen MR) is 104 cm³/mol. The number of fused-ring (bicyclic) bond motifs is 1. The first-order chi connectivity index (χ1) is 13.8. The third-order valence-corrected chi connectivity index (χ3v) is 4.37. The highest BCUT2D eigenvalue weighted by atomic mass is 19.4. The third-order valence-electron chi connectivity index (χ3n) is 4.37. The molecule has 2 heterocycles. The quantitative estimate of drug-likeness (QED) is 0.462. The van der Waals surface area contributed by atoms with Crippen LogP contribution in [0.4, 0.5) is 30.5 Å². The lowest BCUT2D eigenvalue weighted by molar-refractivity contribution is -0.137. The number of nitrogens with two attached hydrogens (primary N) is 1. The molecule has 0 aliphatic carbocycles. The minimum absolute atomic E-state index is 0.116. The third kappa shape index (κ3) is 3.62. The van der Waals surface area contributed by atoms with Crippen molar-refractivity contribution >= 4 is 28.1 Å². The van der Waals surface area contributed by atoms with Crippen LogP contribution in [0.15, 0.2) is 61.1 Å². The van der Waals surface area contributed by atoms with Crippen molar-refractivity contribution in [2.75, 3.05) is 11.1 Å². The van der Waals surface area contributed by atoms with Gasteiger partial charge in [-0.1, -0.05) is 12.1 Å². The Labute approximate surface area is 162 Å². The van der Waals surface area contributed by atoms with Crippen LogP contribution in [-0.2, 0) is 6.18 Å². The molecule has 6 nitrogen and oxygen atoms in total. The van der Waals surface area contributed by atoms with Crippen molar-refractivity contribution in [3.8, 4) is 17.0 Å². The molecular formula is C20H14F3N5O. The van der Waals surface area contributed by atoms with E-state index in [1.165, 1.54) is 18.5 Å². The first kappa shape index (κ1) is 18.5. The van der Waals surface area contributed by atoms with Crippen molar-refractivity contribution in [1.29, 1.82) is 0 Å². The number of pyridine rings is 1. The molecule has 0 amide bonds. The van der Waals surface area contributed by atoms with E-state index in [0.717, 1.165) is 22.9 Å². The number of rotatable bonds is 3. The van der Waals surface area contributed by atoms with E-state index in [-0.39, 0.29) is 17.3 Å². The van der Waals surface area contributed by atoms with Crippen LogP contribution in [-0.4, -0.2) is 20.1 Å². The van der Waals surface area contributed by atoms with Crippen LogP contribution in [0.2, 0.25) is 0 Å². The zero-order valence-corrected chi connectivity index (χ0v) is 14.8. The van der Waals surface area contributed by atoms with E-state index in [1.54, 1.807) is 24.4 Å². The van der Waals surface area contributed by atoms with E-state index in [4.69, 9.17) is 5.73 Å². The van der Waals surface area contributed by atoms with Crippen LogP contribution >= 0.6 is 0 Å². The zero-order valence-electron chi connectivity index (χ0n) is 14.8. The van der Waals surface area contributed by atoms with Crippen LogP contribution in [0, 0.1) is 0 Å². The molecule has 2 aromatic carbocycles. The molecule has 0 bridgehead atoms. The van der Waals surface area contributed by atoms with Gasteiger partial charge in [0, 0.05) is 22.8 Å². The number of nitrogen functional groups attached to an aromatic ring is 1. The van der Waals surface area contributed by atoms with Gasteiger partial charge in [0.05, 0.1) is 5.56 Å². The Morgan fingerprint density at radius 1 is 0.931 bits per heavy atom. The highest BCUT2D eigenvalue weighted by Crippen LogP contribution is 2.36. The van der Waals surface area contributed by atoms with Crippen molar-refractivity contribution in [3.05, 3.63) is 66.6 Å². The molecular weight excluding hydrogens is 383 g/mol. The molecule has 146 valence electrons. The summed E-state index contributed by atoms with van der Waals surface area (Å²) in [5, 5.41) is 15.2. The Morgan fingerprint density at radius 3 is 2.41 bits per heavy atom. The fourth-order valence-electron chi connectivity index (χ4n) is 2.91. The average Bonchev–Trinajstić information content (AvgIpc) is 2.69. The Bertz CT molecular complexity index is 1190. The lowest BCUT2D eigenvalue weighted by Crippen LogP contribution is -2.04. The SMILES string of the molecule is Nc1nccc2cc(Nc3ncnc(-c4ccc(C(F)(F)F)cc4)c3O)ccc12. The van der Waals surface area contributed by atoms with Gasteiger partial charge in [-0.2, -0.15) is 13.2 Å². The molecule has 0 aliphatic rings. The molecule has 4 aromatic rings. The minimum atomic E-state index is -4.44. The molecule has 9 heteroatoms. The molecule has 0 radical (unpaired) electrons. The second-order valence-electron chi connectivity index (χ2n) is 6.25. The first-order valence-electron chi connectivity index (χ1n) is 8.46. The van der Waals surface area contributed by atoms with Gasteiger partial charge in [-0.05, 0) is 41.8 Å². The van der Waals surface area contributed by atoms with Gasteiger partial charge in [0.25, 0.3) is 0 Å². The first-order valence-corrected chi connectivity index (χ1v) is 8.46. The fraction of sp³-hybridized carbons (Fsp3) is 0.0500. The predicted octanol–water partition coefficient (Wildman–Crippen LogP) is 4.74. The van der Waals surface area contributed by atoms with Crippen LogP contribution in [0.5, 0.6) is 5.75 Å². The second kappa shape index (κ2) is 6.93. The highest BCUT2D eigenvalue weighted by molar-refractivity contribution is 5.93. The van der Waals surface area contributed by atoms with Gasteiger partial charge < -0.3 is 16.2 Å². The smallest absolute Gasteiger partial charge is 0.416 e. The average molecular weight is 397 g/mol. The largest absolute Gasteiger partial charge is 0.503 e. The van der Waals surface area contributed by atoms with Crippen molar-refractivity contribution in [2.45, 2.75) is 6.18 Å². The number of hydrogen-bond donors (Lipinski definition) is 3. The number of anilines is 3. The van der Waals surface area contributed by atoms with Crippen molar-refractivity contribution in [1.82, 2.24) is 15.0 Å². The summed E-state index contributed by atoms with van der Waals surface area (Å²) < 4.78 is 38.2. The van der Waals surface area contributed by atoms with Gasteiger partial charge in [-0.3, -0.25) is 0 Å². The fourth-order valence-corrected chi connectivity index (χ4v) is 2.91. The number of alkyl halides is 3. The summed E-state index contributed by atoms with van der Waals surface area (Å²) in [4.78, 5) is 12.0. The molecule has 4 rings (SSSR count). The monoisotopic (exact) mass is 397 g/mol. The minimum Gasteiger partial charge on any atom is -0.503 e. The molecule has 2 aromatic heterocycles. The maximum Gasteiger partial charge on any atom is 0.416 e. The molecule has 0 unspecified atom stereocenters. The summed E-state index contributed by atoms with van der Waals surface area (Å²) in [5.41, 5.74) is 6.15. The standard InChI is InChI=1S/C20H14F3N5O/c21-20(22,23)13-3-1-11(2-4-13)16-17(29)19(27-10-26-16)28-14-5-6-15-12(9-14)7-8-25-18(15)24/h1-10,29H,(H2,24,25)(H,26,27,28). The summed E-state index contributed by atoms with van der Waals surface area (Å²) >= 11 is 0.